The summed E-state index contributed by atoms with van der Waals surface area (Å²) < 4.78 is 62.8. The monoisotopic (exact) mass is 304 g/mol. The Hall–Kier alpha value is -0.150. The van der Waals surface area contributed by atoms with Crippen molar-refractivity contribution >= 4 is 29.0 Å². The molecule has 0 aliphatic heterocycles. The van der Waals surface area contributed by atoms with E-state index in [1.54, 1.807) is 0 Å². The summed E-state index contributed by atoms with van der Waals surface area (Å²) >= 11 is 0.710. The summed E-state index contributed by atoms with van der Waals surface area (Å²) in [6.45, 7) is -2.62. The third-order valence-electron chi connectivity index (χ3n) is 0.954. The first kappa shape index (κ1) is 11.8. The van der Waals surface area contributed by atoms with E-state index in [0.29, 0.717) is 23.0 Å². The quantitative estimate of drug-likeness (QED) is 0.590. The number of rotatable bonds is 3. The lowest BCUT2D eigenvalue weighted by Gasteiger charge is -2.20. The topological polar surface area (TPSA) is 26.3 Å². The Morgan fingerprint density at radius 3 is 2.00 bits per heavy atom. The predicted octanol–water partition coefficient (Wildman–Crippen LogP) is 2.12. The predicted molar refractivity (Wildman–Crippen MR) is 36.0 cm³/mol. The third kappa shape index (κ3) is 1.96. The molecule has 0 N–H and O–H groups in total. The van der Waals surface area contributed by atoms with Crippen molar-refractivity contribution in [2.45, 2.75) is 11.8 Å². The maximum atomic E-state index is 12.1. The molecule has 0 heterocycles. The van der Waals surface area contributed by atoms with E-state index in [2.05, 4.69) is 3.07 Å². The largest absolute Gasteiger partial charge is 0.407 e. The van der Waals surface area contributed by atoms with Crippen LogP contribution in [-0.4, -0.2) is 24.5 Å². The van der Waals surface area contributed by atoms with Gasteiger partial charge in [-0.3, -0.25) is 0 Å². The molecule has 0 radical (unpaired) electrons. The Morgan fingerprint density at radius 1 is 1.33 bits per heavy atom. The zero-order valence-corrected chi connectivity index (χ0v) is 7.45. The highest BCUT2D eigenvalue weighted by molar-refractivity contribution is 14.1. The highest BCUT2D eigenvalue weighted by atomic mass is 127. The van der Waals surface area contributed by atoms with Crippen LogP contribution in [0.1, 0.15) is 0 Å². The molecule has 0 aromatic rings. The molecule has 0 atom stereocenters. The summed E-state index contributed by atoms with van der Waals surface area (Å²) in [5.74, 6) is -12.6. The van der Waals surface area contributed by atoms with Crippen LogP contribution in [0.2, 0.25) is 0 Å². The van der Waals surface area contributed by atoms with Crippen molar-refractivity contribution < 1.29 is 29.8 Å². The van der Waals surface area contributed by atoms with Gasteiger partial charge < -0.3 is 3.07 Å². The molecule has 0 aromatic heterocycles. The van der Waals surface area contributed by atoms with E-state index < -0.39 is 24.5 Å². The third-order valence-corrected chi connectivity index (χ3v) is 1.35. The average Bonchev–Trinajstić information content (AvgIpc) is 2.02. The fraction of sp³-hybridized carbons (Fsp3) is 0.750. The zero-order chi connectivity index (χ0) is 9.99. The van der Waals surface area contributed by atoms with Crippen LogP contribution >= 0.6 is 23.0 Å². The Morgan fingerprint density at radius 2 is 1.75 bits per heavy atom. The highest BCUT2D eigenvalue weighted by Gasteiger charge is 2.63. The second kappa shape index (κ2) is 3.71. The molecular formula is C4H2F5IO2. The van der Waals surface area contributed by atoms with Crippen LogP contribution in [-0.2, 0) is 7.86 Å². The second-order valence-corrected chi connectivity index (χ2v) is 2.22. The smallest absolute Gasteiger partial charge is 0.390 e. The van der Waals surface area contributed by atoms with Gasteiger partial charge in [0.2, 0.25) is 0 Å². The van der Waals surface area contributed by atoms with Crippen molar-refractivity contribution in [1.29, 1.82) is 0 Å². The average molecular weight is 304 g/mol. The van der Waals surface area contributed by atoms with Crippen molar-refractivity contribution in [2.24, 2.45) is 0 Å². The van der Waals surface area contributed by atoms with E-state index in [1.807, 2.05) is 0 Å². The van der Waals surface area contributed by atoms with Crippen molar-refractivity contribution in [1.82, 2.24) is 0 Å². The summed E-state index contributed by atoms with van der Waals surface area (Å²) in [5.41, 5.74) is 0. The molecule has 0 bridgehead atoms. The van der Waals surface area contributed by atoms with Crippen LogP contribution in [0.4, 0.5) is 22.0 Å². The van der Waals surface area contributed by atoms with Gasteiger partial charge in [-0.1, -0.05) is 0 Å². The number of carbonyl (C=O) groups excluding carboxylic acids is 1. The molecule has 0 fully saturated rings. The number of halogens is 6. The molecule has 8 heteroatoms. The van der Waals surface area contributed by atoms with E-state index in [9.17, 15) is 26.7 Å². The van der Waals surface area contributed by atoms with Gasteiger partial charge in [-0.05, 0) is 0 Å². The summed E-state index contributed by atoms with van der Waals surface area (Å²) in [6.07, 6.45) is 0. The van der Waals surface area contributed by atoms with Gasteiger partial charge in [0.1, 0.15) is 0 Å². The summed E-state index contributed by atoms with van der Waals surface area (Å²) in [6, 6.07) is 0. The molecule has 0 aliphatic rings. The maximum Gasteiger partial charge on any atom is 0.407 e. The van der Waals surface area contributed by atoms with E-state index in [0.717, 1.165) is 0 Å². The maximum absolute atomic E-state index is 12.1. The summed E-state index contributed by atoms with van der Waals surface area (Å²) in [7, 11) is 0. The molecule has 0 amide bonds. The second-order valence-electron chi connectivity index (χ2n) is 1.78. The Bertz CT molecular complexity index is 182. The minimum atomic E-state index is -5.12. The molecule has 12 heavy (non-hydrogen) atoms. The Balaban J connectivity index is 4.71. The van der Waals surface area contributed by atoms with Gasteiger partial charge in [-0.25, -0.2) is 9.18 Å². The van der Waals surface area contributed by atoms with Gasteiger partial charge in [-0.2, -0.15) is 17.6 Å². The van der Waals surface area contributed by atoms with Gasteiger partial charge >= 0.3 is 17.8 Å². The van der Waals surface area contributed by atoms with E-state index in [4.69, 9.17) is 0 Å². The number of hydrogen-bond acceptors (Lipinski definition) is 2. The molecule has 0 aromatic carbocycles. The Kier molecular flexibility index (Phi) is 3.66. The first-order valence-electron chi connectivity index (χ1n) is 2.44. The number of alkyl halides is 5. The highest BCUT2D eigenvalue weighted by Crippen LogP contribution is 2.35. The lowest BCUT2D eigenvalue weighted by molar-refractivity contribution is -0.223. The van der Waals surface area contributed by atoms with E-state index >= 15 is 0 Å². The van der Waals surface area contributed by atoms with Crippen LogP contribution in [0.5, 0.6) is 0 Å². The van der Waals surface area contributed by atoms with E-state index in [-0.39, 0.29) is 0 Å². The summed E-state index contributed by atoms with van der Waals surface area (Å²) in [4.78, 5) is 10.0. The van der Waals surface area contributed by atoms with Crippen molar-refractivity contribution in [3.05, 3.63) is 0 Å². The molecule has 0 rings (SSSR count). The molecule has 0 aliphatic carbocycles. The zero-order valence-electron chi connectivity index (χ0n) is 5.29. The van der Waals surface area contributed by atoms with Gasteiger partial charge in [0.15, 0.2) is 29.7 Å². The fourth-order valence-corrected chi connectivity index (χ4v) is 0.558. The SMILES string of the molecule is O=C(OI)C(F)(F)C(F)(F)CF. The normalized spacial score (nSPS) is 12.8. The molecule has 72 valence electrons. The molecule has 2 nitrogen and oxygen atoms in total. The number of hydrogen-bond donors (Lipinski definition) is 0. The summed E-state index contributed by atoms with van der Waals surface area (Å²) in [5, 5.41) is 0. The molecule has 0 saturated carbocycles. The van der Waals surface area contributed by atoms with Crippen LogP contribution in [0, 0.1) is 0 Å². The van der Waals surface area contributed by atoms with Gasteiger partial charge in [0.05, 0.1) is 0 Å². The fourth-order valence-electron chi connectivity index (χ4n) is 0.282. The van der Waals surface area contributed by atoms with E-state index in [1.165, 1.54) is 0 Å². The minimum absolute atomic E-state index is 0.710. The van der Waals surface area contributed by atoms with Crippen molar-refractivity contribution in [3.8, 4) is 0 Å². The van der Waals surface area contributed by atoms with Crippen LogP contribution in [0.3, 0.4) is 0 Å². The lowest BCUT2D eigenvalue weighted by atomic mass is 10.2. The van der Waals surface area contributed by atoms with Crippen LogP contribution in [0.25, 0.3) is 0 Å². The molecule has 0 spiro atoms. The standard InChI is InChI=1S/C4H2F5IO2/c5-1-3(6,7)4(8,9)2(11)12-10/h1H2. The van der Waals surface area contributed by atoms with Crippen LogP contribution < -0.4 is 0 Å². The molecular weight excluding hydrogens is 302 g/mol. The number of carbonyl (C=O) groups is 1. The lowest BCUT2D eigenvalue weighted by Crippen LogP contribution is -2.48. The van der Waals surface area contributed by atoms with Crippen molar-refractivity contribution in [3.63, 3.8) is 0 Å². The molecule has 0 unspecified atom stereocenters. The Labute approximate surface area is 77.8 Å². The molecule has 0 saturated heterocycles. The first-order valence-corrected chi connectivity index (χ1v) is 3.32. The van der Waals surface area contributed by atoms with Gasteiger partial charge in [0.25, 0.3) is 0 Å². The van der Waals surface area contributed by atoms with Gasteiger partial charge in [0, 0.05) is 0 Å². The van der Waals surface area contributed by atoms with Crippen LogP contribution in [0.15, 0.2) is 0 Å². The van der Waals surface area contributed by atoms with Gasteiger partial charge in [-0.15, -0.1) is 0 Å². The minimum Gasteiger partial charge on any atom is -0.390 e. The first-order chi connectivity index (χ1) is 5.29. The van der Waals surface area contributed by atoms with Crippen molar-refractivity contribution in [2.75, 3.05) is 6.67 Å².